The minimum absolute atomic E-state index is 0.180. The van der Waals surface area contributed by atoms with Gasteiger partial charge in [0.15, 0.2) is 0 Å². The number of rotatable bonds is 7. The zero-order chi connectivity index (χ0) is 19.1. The van der Waals surface area contributed by atoms with Crippen molar-refractivity contribution in [2.45, 2.75) is 26.3 Å². The van der Waals surface area contributed by atoms with Crippen LogP contribution in [0.4, 0.5) is 0 Å². The van der Waals surface area contributed by atoms with Crippen molar-refractivity contribution < 1.29 is 23.9 Å². The normalized spacial score (nSPS) is 16.6. The lowest BCUT2D eigenvalue weighted by molar-refractivity contribution is -0.147. The van der Waals surface area contributed by atoms with Gasteiger partial charge in [-0.2, -0.15) is 0 Å². The Bertz CT molecular complexity index is 701. The zero-order valence-electron chi connectivity index (χ0n) is 15.1. The van der Waals surface area contributed by atoms with Crippen LogP contribution in [0.15, 0.2) is 36.4 Å². The van der Waals surface area contributed by atoms with E-state index in [2.05, 4.69) is 11.9 Å². The molecular weight excluding hydrogens is 336 g/mol. The first-order chi connectivity index (χ1) is 12.4. The molecule has 7 nitrogen and oxygen atoms in total. The molecular formula is C19H24N2O5. The Kier molecular flexibility index (Phi) is 6.77. The van der Waals surface area contributed by atoms with Crippen LogP contribution in [0.5, 0.6) is 5.75 Å². The second-order valence-corrected chi connectivity index (χ2v) is 6.06. The molecule has 1 heterocycles. The number of hydrogen-bond donors (Lipinski definition) is 1. The number of nitrogens with zero attached hydrogens (tertiary/aromatic N) is 1. The predicted molar refractivity (Wildman–Crippen MR) is 95.8 cm³/mol. The van der Waals surface area contributed by atoms with Crippen LogP contribution in [0, 0.1) is 0 Å². The van der Waals surface area contributed by atoms with Gasteiger partial charge in [0.25, 0.3) is 5.91 Å². The number of ether oxygens (including phenoxy) is 2. The predicted octanol–water partition coefficient (Wildman–Crippen LogP) is 1.54. The summed E-state index contributed by atoms with van der Waals surface area (Å²) in [4.78, 5) is 38.5. The largest absolute Gasteiger partial charge is 0.488 e. The number of nitrogens with one attached hydrogen (secondary N) is 1. The third-order valence-electron chi connectivity index (χ3n) is 3.85. The van der Waals surface area contributed by atoms with Crippen LogP contribution in [-0.4, -0.2) is 55.0 Å². The minimum Gasteiger partial charge on any atom is -0.488 e. The summed E-state index contributed by atoms with van der Waals surface area (Å²) >= 11 is 0. The number of piperazine rings is 1. The molecule has 1 atom stereocenters. The lowest BCUT2D eigenvalue weighted by Gasteiger charge is -2.34. The molecule has 2 amide bonds. The van der Waals surface area contributed by atoms with Gasteiger partial charge in [0.1, 0.15) is 18.4 Å². The van der Waals surface area contributed by atoms with Crippen LogP contribution in [0.2, 0.25) is 0 Å². The number of amides is 2. The second-order valence-electron chi connectivity index (χ2n) is 6.06. The average molecular weight is 360 g/mol. The summed E-state index contributed by atoms with van der Waals surface area (Å²) in [6.45, 7) is 8.45. The van der Waals surface area contributed by atoms with E-state index in [4.69, 9.17) is 9.47 Å². The van der Waals surface area contributed by atoms with Crippen LogP contribution < -0.4 is 10.1 Å². The third-order valence-corrected chi connectivity index (χ3v) is 3.85. The molecule has 1 aromatic carbocycles. The lowest BCUT2D eigenvalue weighted by atomic mass is 10.1. The average Bonchev–Trinajstić information content (AvgIpc) is 2.61. The standard InChI is InChI=1S/C19H24N2O5/c1-4-25-17(22)11-15-18(23)20-9-10-21(15)19(24)14-7-5-6-8-16(14)26-12-13(2)3/h5-8,15H,2,4,9-12H2,1,3H3,(H,20,23). The number of benzene rings is 1. The third kappa shape index (κ3) is 4.84. The summed E-state index contributed by atoms with van der Waals surface area (Å²) in [6.07, 6.45) is -0.180. The zero-order valence-corrected chi connectivity index (χ0v) is 15.1. The van der Waals surface area contributed by atoms with E-state index in [1.807, 2.05) is 6.92 Å². The van der Waals surface area contributed by atoms with Crippen LogP contribution in [-0.2, 0) is 14.3 Å². The van der Waals surface area contributed by atoms with Crippen molar-refractivity contribution in [2.24, 2.45) is 0 Å². The highest BCUT2D eigenvalue weighted by Gasteiger charge is 2.36. The van der Waals surface area contributed by atoms with Gasteiger partial charge >= 0.3 is 5.97 Å². The Morgan fingerprint density at radius 3 is 2.77 bits per heavy atom. The van der Waals surface area contributed by atoms with Gasteiger partial charge < -0.3 is 19.7 Å². The van der Waals surface area contributed by atoms with Crippen molar-refractivity contribution in [3.05, 3.63) is 42.0 Å². The number of hydrogen-bond acceptors (Lipinski definition) is 5. The molecule has 1 fully saturated rings. The molecule has 26 heavy (non-hydrogen) atoms. The molecule has 1 unspecified atom stereocenters. The van der Waals surface area contributed by atoms with E-state index >= 15 is 0 Å². The highest BCUT2D eigenvalue weighted by molar-refractivity contribution is 6.01. The Hall–Kier alpha value is -2.83. The van der Waals surface area contributed by atoms with Crippen molar-refractivity contribution in [2.75, 3.05) is 26.3 Å². The maximum Gasteiger partial charge on any atom is 0.308 e. The van der Waals surface area contributed by atoms with Crippen molar-refractivity contribution in [1.29, 1.82) is 0 Å². The van der Waals surface area contributed by atoms with Gasteiger partial charge in [-0.25, -0.2) is 0 Å². The number of esters is 1. The maximum atomic E-state index is 13.1. The van der Waals surface area contributed by atoms with E-state index in [-0.39, 0.29) is 31.4 Å². The smallest absolute Gasteiger partial charge is 0.308 e. The van der Waals surface area contributed by atoms with Gasteiger partial charge in [-0.3, -0.25) is 14.4 Å². The van der Waals surface area contributed by atoms with E-state index in [0.717, 1.165) is 5.57 Å². The van der Waals surface area contributed by atoms with E-state index in [9.17, 15) is 14.4 Å². The molecule has 0 spiro atoms. The Morgan fingerprint density at radius 2 is 2.08 bits per heavy atom. The maximum absolute atomic E-state index is 13.1. The van der Waals surface area contributed by atoms with E-state index < -0.39 is 12.0 Å². The van der Waals surface area contributed by atoms with Gasteiger partial charge in [0.05, 0.1) is 18.6 Å². The summed E-state index contributed by atoms with van der Waals surface area (Å²) in [6, 6.07) is 5.93. The molecule has 1 N–H and O–H groups in total. The first kappa shape index (κ1) is 19.5. The molecule has 7 heteroatoms. The fourth-order valence-electron chi connectivity index (χ4n) is 2.66. The Labute approximate surface area is 153 Å². The summed E-state index contributed by atoms with van der Waals surface area (Å²) < 4.78 is 10.6. The van der Waals surface area contributed by atoms with Gasteiger partial charge in [0.2, 0.25) is 5.91 Å². The summed E-state index contributed by atoms with van der Waals surface area (Å²) in [5, 5.41) is 2.69. The highest BCUT2D eigenvalue weighted by atomic mass is 16.5. The molecule has 2 rings (SSSR count). The fraction of sp³-hybridized carbons (Fsp3) is 0.421. The molecule has 1 aliphatic heterocycles. The second kappa shape index (κ2) is 9.03. The van der Waals surface area contributed by atoms with Gasteiger partial charge in [-0.05, 0) is 31.6 Å². The lowest BCUT2D eigenvalue weighted by Crippen LogP contribution is -2.57. The highest BCUT2D eigenvalue weighted by Crippen LogP contribution is 2.23. The molecule has 0 radical (unpaired) electrons. The molecule has 140 valence electrons. The van der Waals surface area contributed by atoms with Gasteiger partial charge in [-0.15, -0.1) is 0 Å². The molecule has 0 aliphatic carbocycles. The fourth-order valence-corrected chi connectivity index (χ4v) is 2.66. The molecule has 1 saturated heterocycles. The molecule has 0 aromatic heterocycles. The summed E-state index contributed by atoms with van der Waals surface area (Å²) in [5.74, 6) is -0.815. The quantitative estimate of drug-likeness (QED) is 0.589. The molecule has 1 aliphatic rings. The molecule has 0 saturated carbocycles. The van der Waals surface area contributed by atoms with Crippen LogP contribution >= 0.6 is 0 Å². The molecule has 0 bridgehead atoms. The van der Waals surface area contributed by atoms with Crippen molar-refractivity contribution in [1.82, 2.24) is 10.2 Å². The van der Waals surface area contributed by atoms with Gasteiger partial charge in [-0.1, -0.05) is 18.7 Å². The monoisotopic (exact) mass is 360 g/mol. The first-order valence-electron chi connectivity index (χ1n) is 8.54. The number of carbonyl (C=O) groups excluding carboxylic acids is 3. The molecule has 1 aromatic rings. The van der Waals surface area contributed by atoms with Crippen LogP contribution in [0.25, 0.3) is 0 Å². The minimum atomic E-state index is -0.899. The Morgan fingerprint density at radius 1 is 1.35 bits per heavy atom. The van der Waals surface area contributed by atoms with Crippen molar-refractivity contribution in [3.8, 4) is 5.75 Å². The van der Waals surface area contributed by atoms with E-state index in [1.54, 1.807) is 31.2 Å². The first-order valence-corrected chi connectivity index (χ1v) is 8.54. The van der Waals surface area contributed by atoms with Crippen molar-refractivity contribution in [3.63, 3.8) is 0 Å². The van der Waals surface area contributed by atoms with Crippen LogP contribution in [0.1, 0.15) is 30.6 Å². The van der Waals surface area contributed by atoms with E-state index in [1.165, 1.54) is 4.90 Å². The topological polar surface area (TPSA) is 84.9 Å². The van der Waals surface area contributed by atoms with Crippen LogP contribution in [0.3, 0.4) is 0 Å². The van der Waals surface area contributed by atoms with Crippen molar-refractivity contribution >= 4 is 17.8 Å². The van der Waals surface area contributed by atoms with E-state index in [0.29, 0.717) is 24.4 Å². The SMILES string of the molecule is C=C(C)COc1ccccc1C(=O)N1CCNC(=O)C1CC(=O)OCC. The number of para-hydroxylation sites is 1. The van der Waals surface area contributed by atoms with Gasteiger partial charge in [0, 0.05) is 13.1 Å². The Balaban J connectivity index is 2.24. The number of carbonyl (C=O) groups is 3. The summed E-state index contributed by atoms with van der Waals surface area (Å²) in [5.41, 5.74) is 1.17. The summed E-state index contributed by atoms with van der Waals surface area (Å²) in [7, 11) is 0.